The van der Waals surface area contributed by atoms with Crippen LogP contribution in [0.25, 0.3) is 10.8 Å². The Balaban J connectivity index is 0.931. The molecule has 0 aliphatic heterocycles. The minimum absolute atomic E-state index is 0.0476. The average Bonchev–Trinajstić information content (AvgIpc) is 3.52. The quantitative estimate of drug-likeness (QED) is 0.0915. The number of carbonyl (C=O) groups is 7. The third-order valence-corrected chi connectivity index (χ3v) is 15.1. The van der Waals surface area contributed by atoms with Gasteiger partial charge in [-0.2, -0.15) is 0 Å². The Morgan fingerprint density at radius 3 is 2.36 bits per heavy atom. The Kier molecular flexibility index (Phi) is 14.9. The summed E-state index contributed by atoms with van der Waals surface area (Å²) in [5.41, 5.74) is -4.81. The van der Waals surface area contributed by atoms with E-state index in [1.165, 1.54) is 12.2 Å². The number of pyridine rings is 1. The van der Waals surface area contributed by atoms with Crippen molar-refractivity contribution in [2.75, 3.05) is 18.5 Å². The highest BCUT2D eigenvalue weighted by molar-refractivity contribution is 6.01. The van der Waals surface area contributed by atoms with Crippen LogP contribution in [0.1, 0.15) is 117 Å². The summed E-state index contributed by atoms with van der Waals surface area (Å²) in [6.45, 7) is 11.1. The van der Waals surface area contributed by atoms with Crippen molar-refractivity contribution in [2.24, 2.45) is 28.6 Å². The molecule has 0 spiro atoms. The lowest BCUT2D eigenvalue weighted by Crippen LogP contribution is -2.70. The van der Waals surface area contributed by atoms with Gasteiger partial charge in [-0.05, 0) is 113 Å². The number of allylic oxidation sites excluding steroid dienone is 4. The van der Waals surface area contributed by atoms with Gasteiger partial charge in [0.2, 0.25) is 11.7 Å². The number of aliphatic hydroxyl groups excluding tert-OH is 1. The van der Waals surface area contributed by atoms with Gasteiger partial charge in [0, 0.05) is 71.9 Å². The summed E-state index contributed by atoms with van der Waals surface area (Å²) in [6, 6.07) is 14.1. The topological polar surface area (TPSA) is 214 Å². The average molecular weight is 966 g/mol. The van der Waals surface area contributed by atoms with Crippen LogP contribution in [0.15, 0.2) is 84.7 Å². The SMILES string of the molecule is CCC(=O)O[C@]1(C(=O)COC(=O)CCCC(=O)OCc2ccc(C(CNC(=O)OC(C)(C)C)C(=O)Nc3ccc4cnccc4c3)cc2)[C@@H](C)CC2[C@@H]3CCC4=CC(=O)C=C[C@]4(C)[C@@]3(F)[C@@H](O)C[C@@]21C. The maximum atomic E-state index is 17.8. The smallest absolute Gasteiger partial charge is 0.407 e. The van der Waals surface area contributed by atoms with Crippen molar-refractivity contribution < 1.29 is 62.0 Å². The number of aromatic nitrogens is 1. The number of nitrogens with zero attached hydrogens (tertiary/aromatic N) is 1. The number of hydrogen-bond donors (Lipinski definition) is 3. The maximum Gasteiger partial charge on any atom is 0.407 e. The molecule has 3 aromatic rings. The fourth-order valence-electron chi connectivity index (χ4n) is 11.7. The number of Topliss-reactive ketones (excluding diaryl/α,β-unsaturated/α-hetero) is 1. The molecule has 9 atom stereocenters. The lowest BCUT2D eigenvalue weighted by molar-refractivity contribution is -0.228. The molecule has 4 aliphatic carbocycles. The number of amides is 2. The van der Waals surface area contributed by atoms with E-state index in [2.05, 4.69) is 15.6 Å². The van der Waals surface area contributed by atoms with Crippen LogP contribution in [-0.2, 0) is 54.3 Å². The van der Waals surface area contributed by atoms with E-state index < -0.39 is 93.9 Å². The van der Waals surface area contributed by atoms with E-state index in [0.717, 1.165) is 10.8 Å². The number of carbonyl (C=O) groups excluding carboxylic acids is 7. The number of nitrogens with one attached hydrogen (secondary N) is 2. The van der Waals surface area contributed by atoms with Crippen molar-refractivity contribution in [3.63, 3.8) is 0 Å². The molecule has 4 aliphatic rings. The van der Waals surface area contributed by atoms with Gasteiger partial charge < -0.3 is 34.7 Å². The fraction of sp³-hybridized carbons (Fsp3) is 0.519. The van der Waals surface area contributed by atoms with Gasteiger partial charge in [-0.1, -0.05) is 62.8 Å². The number of fused-ring (bicyclic) bond motifs is 6. The molecule has 1 heterocycles. The van der Waals surface area contributed by atoms with Gasteiger partial charge in [-0.15, -0.1) is 0 Å². The van der Waals surface area contributed by atoms with Crippen molar-refractivity contribution in [1.29, 1.82) is 0 Å². The number of rotatable bonds is 16. The van der Waals surface area contributed by atoms with E-state index in [0.29, 0.717) is 41.6 Å². The van der Waals surface area contributed by atoms with E-state index >= 15 is 4.39 Å². The molecule has 374 valence electrons. The number of anilines is 1. The Hall–Kier alpha value is -6.29. The van der Waals surface area contributed by atoms with Crippen LogP contribution in [0.5, 0.6) is 0 Å². The first-order valence-electron chi connectivity index (χ1n) is 24.1. The second-order valence-electron chi connectivity index (χ2n) is 20.7. The molecule has 2 aromatic carbocycles. The summed E-state index contributed by atoms with van der Waals surface area (Å²) in [7, 11) is 0. The summed E-state index contributed by atoms with van der Waals surface area (Å²) in [4.78, 5) is 96.1. The van der Waals surface area contributed by atoms with Gasteiger partial charge in [0.05, 0.1) is 12.0 Å². The van der Waals surface area contributed by atoms with Crippen LogP contribution in [-0.4, -0.2) is 87.7 Å². The Morgan fingerprint density at radius 1 is 0.943 bits per heavy atom. The normalized spacial score (nSPS) is 28.2. The van der Waals surface area contributed by atoms with E-state index in [-0.39, 0.29) is 56.9 Å². The van der Waals surface area contributed by atoms with E-state index in [1.54, 1.807) is 97.3 Å². The van der Waals surface area contributed by atoms with Crippen LogP contribution in [0.4, 0.5) is 14.9 Å². The summed E-state index contributed by atoms with van der Waals surface area (Å²) in [6.07, 6.45) is 5.98. The summed E-state index contributed by atoms with van der Waals surface area (Å²) in [5.74, 6) is -5.93. The molecule has 0 bridgehead atoms. The molecule has 2 unspecified atom stereocenters. The molecule has 1 aromatic heterocycles. The molecule has 0 saturated heterocycles. The van der Waals surface area contributed by atoms with Gasteiger partial charge in [-0.3, -0.25) is 33.8 Å². The molecule has 2 amide bonds. The third-order valence-electron chi connectivity index (χ3n) is 15.1. The number of aliphatic hydroxyl groups is 1. The molecule has 0 radical (unpaired) electrons. The summed E-state index contributed by atoms with van der Waals surface area (Å²) in [5, 5.41) is 19.3. The zero-order valence-electron chi connectivity index (χ0n) is 40.9. The van der Waals surface area contributed by atoms with Gasteiger partial charge in [0.15, 0.2) is 23.7 Å². The van der Waals surface area contributed by atoms with Crippen LogP contribution in [0, 0.1) is 28.6 Å². The molecule has 15 nitrogen and oxygen atoms in total. The second kappa shape index (κ2) is 20.2. The number of esters is 3. The first-order valence-corrected chi connectivity index (χ1v) is 24.1. The number of ether oxygens (including phenoxy) is 4. The standard InChI is InChI=1S/C54H64FN3O12/c1-8-45(62)69-54(32(2)24-42-41-19-17-37-26-39(59)20-22-51(37,6)53(41,55)43(60)27-52(42,54)7)44(61)31-68-47(64)11-9-10-46(63)67-30-33-12-14-34(15-13-33)40(29-57-49(66)70-50(3,4)5)48(65)58-38-18-16-36-28-56-23-21-35(36)25-38/h12-16,18,20-23,25-26,28,32,40-43,60H,8-11,17,19,24,27,29-31H2,1-7H3,(H,57,66)(H,58,65)/t32-,40?,41-,42?,43-,51-,52-,53-,54-/m0/s1. The number of ketones is 2. The predicted molar refractivity (Wildman–Crippen MR) is 255 cm³/mol. The zero-order chi connectivity index (χ0) is 50.8. The first kappa shape index (κ1) is 51.6. The van der Waals surface area contributed by atoms with Gasteiger partial charge in [-0.25, -0.2) is 9.18 Å². The molecule has 3 saturated carbocycles. The first-order chi connectivity index (χ1) is 33.0. The van der Waals surface area contributed by atoms with Crippen LogP contribution < -0.4 is 10.6 Å². The van der Waals surface area contributed by atoms with E-state index in [4.69, 9.17) is 18.9 Å². The Labute approximate surface area is 407 Å². The van der Waals surface area contributed by atoms with Gasteiger partial charge in [0.1, 0.15) is 12.2 Å². The minimum Gasteiger partial charge on any atom is -0.461 e. The molecular formula is C54H64FN3O12. The number of hydrogen-bond acceptors (Lipinski definition) is 13. The summed E-state index contributed by atoms with van der Waals surface area (Å²) < 4.78 is 40.2. The maximum absolute atomic E-state index is 17.8. The van der Waals surface area contributed by atoms with Crippen LogP contribution in [0.3, 0.4) is 0 Å². The highest BCUT2D eigenvalue weighted by Crippen LogP contribution is 2.71. The molecule has 3 N–H and O–H groups in total. The molecular weight excluding hydrogens is 902 g/mol. The van der Waals surface area contributed by atoms with Crippen molar-refractivity contribution in [1.82, 2.24) is 10.3 Å². The molecule has 3 fully saturated rings. The Morgan fingerprint density at radius 2 is 1.66 bits per heavy atom. The highest BCUT2D eigenvalue weighted by atomic mass is 19.1. The predicted octanol–water partition coefficient (Wildman–Crippen LogP) is 8.12. The minimum atomic E-state index is -2.16. The van der Waals surface area contributed by atoms with Gasteiger partial charge in [0.25, 0.3) is 0 Å². The van der Waals surface area contributed by atoms with Crippen molar-refractivity contribution in [3.8, 4) is 0 Å². The summed E-state index contributed by atoms with van der Waals surface area (Å²) >= 11 is 0. The zero-order valence-corrected chi connectivity index (χ0v) is 40.9. The van der Waals surface area contributed by atoms with Crippen LogP contribution in [0.2, 0.25) is 0 Å². The van der Waals surface area contributed by atoms with Crippen molar-refractivity contribution in [3.05, 3.63) is 95.9 Å². The van der Waals surface area contributed by atoms with Crippen molar-refractivity contribution >= 4 is 57.9 Å². The lowest BCUT2D eigenvalue weighted by Gasteiger charge is -2.62. The highest BCUT2D eigenvalue weighted by Gasteiger charge is 2.77. The Bertz CT molecular complexity index is 2610. The van der Waals surface area contributed by atoms with Crippen LogP contribution >= 0.6 is 0 Å². The van der Waals surface area contributed by atoms with Gasteiger partial charge >= 0.3 is 24.0 Å². The second-order valence-corrected chi connectivity index (χ2v) is 20.7. The van der Waals surface area contributed by atoms with E-state index in [9.17, 15) is 38.7 Å². The number of alkyl halides is 1. The van der Waals surface area contributed by atoms with E-state index in [1.807, 2.05) is 18.2 Å². The number of benzene rings is 2. The largest absolute Gasteiger partial charge is 0.461 e. The molecule has 70 heavy (non-hydrogen) atoms. The molecule has 7 rings (SSSR count). The molecule has 16 heteroatoms. The number of halogens is 1. The fourth-order valence-corrected chi connectivity index (χ4v) is 11.7. The lowest BCUT2D eigenvalue weighted by atomic mass is 9.44. The van der Waals surface area contributed by atoms with Crippen molar-refractivity contribution in [2.45, 2.75) is 135 Å². The monoisotopic (exact) mass is 965 g/mol. The third kappa shape index (κ3) is 10.0. The number of alkyl carbamates (subject to hydrolysis) is 1.